The lowest BCUT2D eigenvalue weighted by Gasteiger charge is -2.20. The van der Waals surface area contributed by atoms with Crippen LogP contribution in [0.1, 0.15) is 46.1 Å². The van der Waals surface area contributed by atoms with Crippen LogP contribution in [0.4, 0.5) is 10.5 Å². The summed E-state index contributed by atoms with van der Waals surface area (Å²) >= 11 is 6.34. The van der Waals surface area contributed by atoms with E-state index in [4.69, 9.17) is 16.3 Å². The molecule has 0 aliphatic rings. The van der Waals surface area contributed by atoms with Gasteiger partial charge in [-0.3, -0.25) is 5.32 Å². The maximum atomic E-state index is 12.0. The number of halogens is 1. The first kappa shape index (κ1) is 16.6. The first-order chi connectivity index (χ1) is 10.2. The molecule has 0 saturated carbocycles. The molecular formula is C18H22ClNO2. The Morgan fingerprint density at radius 2 is 1.91 bits per heavy atom. The van der Waals surface area contributed by atoms with Gasteiger partial charge in [0.15, 0.2) is 0 Å². The van der Waals surface area contributed by atoms with Crippen molar-refractivity contribution in [1.82, 2.24) is 0 Å². The van der Waals surface area contributed by atoms with Crippen molar-refractivity contribution in [2.45, 2.75) is 46.1 Å². The first-order valence-corrected chi connectivity index (χ1v) is 7.77. The third-order valence-corrected chi connectivity index (χ3v) is 3.54. The van der Waals surface area contributed by atoms with Gasteiger partial charge in [-0.15, -0.1) is 0 Å². The number of carbonyl (C=O) groups is 1. The van der Waals surface area contributed by atoms with E-state index in [2.05, 4.69) is 19.2 Å². The van der Waals surface area contributed by atoms with E-state index in [1.807, 2.05) is 51.1 Å². The Hall–Kier alpha value is -1.74. The van der Waals surface area contributed by atoms with Crippen molar-refractivity contribution in [3.63, 3.8) is 0 Å². The summed E-state index contributed by atoms with van der Waals surface area (Å²) in [6, 6.07) is 9.66. The predicted molar refractivity (Wildman–Crippen MR) is 92.9 cm³/mol. The minimum Gasteiger partial charge on any atom is -0.444 e. The molecule has 2 aromatic carbocycles. The number of fused-ring (bicyclic) bond motifs is 1. The summed E-state index contributed by atoms with van der Waals surface area (Å²) in [5.74, 6) is 0.294. The van der Waals surface area contributed by atoms with Crippen LogP contribution in [0.3, 0.4) is 0 Å². The molecule has 3 nitrogen and oxygen atoms in total. The third-order valence-electron chi connectivity index (χ3n) is 3.22. The lowest BCUT2D eigenvalue weighted by Crippen LogP contribution is -2.27. The number of nitrogens with one attached hydrogen (secondary N) is 1. The average Bonchev–Trinajstić information content (AvgIpc) is 2.35. The molecule has 4 heteroatoms. The highest BCUT2D eigenvalue weighted by molar-refractivity contribution is 6.36. The Morgan fingerprint density at radius 1 is 1.23 bits per heavy atom. The zero-order valence-electron chi connectivity index (χ0n) is 13.7. The second kappa shape index (κ2) is 6.17. The van der Waals surface area contributed by atoms with E-state index >= 15 is 0 Å². The van der Waals surface area contributed by atoms with E-state index in [-0.39, 0.29) is 0 Å². The minimum atomic E-state index is -0.523. The number of rotatable bonds is 2. The van der Waals surface area contributed by atoms with Crippen LogP contribution in [0.25, 0.3) is 10.8 Å². The first-order valence-electron chi connectivity index (χ1n) is 7.39. The molecule has 0 atom stereocenters. The zero-order chi connectivity index (χ0) is 16.5. The van der Waals surface area contributed by atoms with Crippen molar-refractivity contribution in [1.29, 1.82) is 0 Å². The van der Waals surface area contributed by atoms with Crippen LogP contribution < -0.4 is 5.32 Å². The highest BCUT2D eigenvalue weighted by Gasteiger charge is 2.17. The van der Waals surface area contributed by atoms with E-state index in [0.717, 1.165) is 21.4 Å². The normalized spacial score (nSPS) is 11.8. The van der Waals surface area contributed by atoms with Crippen molar-refractivity contribution in [2.24, 2.45) is 0 Å². The van der Waals surface area contributed by atoms with Crippen LogP contribution >= 0.6 is 11.6 Å². The van der Waals surface area contributed by atoms with Crippen LogP contribution in [0, 0.1) is 0 Å². The monoisotopic (exact) mass is 319 g/mol. The maximum absolute atomic E-state index is 12.0. The van der Waals surface area contributed by atoms with E-state index < -0.39 is 11.7 Å². The molecule has 0 aromatic heterocycles. The largest absolute Gasteiger partial charge is 0.444 e. The summed E-state index contributed by atoms with van der Waals surface area (Å²) in [5, 5.41) is 5.57. The zero-order valence-corrected chi connectivity index (χ0v) is 14.4. The van der Waals surface area contributed by atoms with Gasteiger partial charge in [-0.2, -0.15) is 0 Å². The van der Waals surface area contributed by atoms with Crippen molar-refractivity contribution >= 4 is 34.2 Å². The van der Waals surface area contributed by atoms with Gasteiger partial charge in [-0.05, 0) is 55.8 Å². The SMILES string of the molecule is CC(C)c1cc(NC(=O)OC(C)(C)C)cc2cccc(Cl)c12. The van der Waals surface area contributed by atoms with Gasteiger partial charge in [-0.25, -0.2) is 4.79 Å². The lowest BCUT2D eigenvalue weighted by molar-refractivity contribution is 0.0636. The fourth-order valence-corrected chi connectivity index (χ4v) is 2.65. The van der Waals surface area contributed by atoms with E-state index in [1.165, 1.54) is 0 Å². The number of hydrogen-bond acceptors (Lipinski definition) is 2. The molecule has 1 amide bonds. The van der Waals surface area contributed by atoms with E-state index in [0.29, 0.717) is 11.6 Å². The Bertz CT molecular complexity index is 702. The van der Waals surface area contributed by atoms with Gasteiger partial charge in [0.1, 0.15) is 5.60 Å². The molecule has 0 unspecified atom stereocenters. The maximum Gasteiger partial charge on any atom is 0.412 e. The topological polar surface area (TPSA) is 38.3 Å². The van der Waals surface area contributed by atoms with Gasteiger partial charge in [0.25, 0.3) is 0 Å². The summed E-state index contributed by atoms with van der Waals surface area (Å²) in [4.78, 5) is 12.0. The number of hydrogen-bond donors (Lipinski definition) is 1. The summed E-state index contributed by atoms with van der Waals surface area (Å²) in [5.41, 5.74) is 1.30. The van der Waals surface area contributed by atoms with Gasteiger partial charge in [0, 0.05) is 16.1 Å². The van der Waals surface area contributed by atoms with Crippen molar-refractivity contribution < 1.29 is 9.53 Å². The van der Waals surface area contributed by atoms with Gasteiger partial charge in [0.2, 0.25) is 0 Å². The molecule has 118 valence electrons. The fourth-order valence-electron chi connectivity index (χ4n) is 2.36. The highest BCUT2D eigenvalue weighted by atomic mass is 35.5. The number of benzene rings is 2. The number of amides is 1. The molecule has 0 heterocycles. The van der Waals surface area contributed by atoms with E-state index in [9.17, 15) is 4.79 Å². The highest BCUT2D eigenvalue weighted by Crippen LogP contribution is 2.34. The summed E-state index contributed by atoms with van der Waals surface area (Å²) in [6.07, 6.45) is -0.455. The molecule has 2 rings (SSSR count). The lowest BCUT2D eigenvalue weighted by atomic mass is 9.95. The molecule has 0 aliphatic carbocycles. The van der Waals surface area contributed by atoms with Crippen molar-refractivity contribution in [3.8, 4) is 0 Å². The second-order valence-corrected chi connectivity index (χ2v) is 7.09. The molecule has 0 bridgehead atoms. The number of carbonyl (C=O) groups excluding carboxylic acids is 1. The standard InChI is InChI=1S/C18H22ClNO2/c1-11(2)14-10-13(20-17(21)22-18(3,4)5)9-12-7-6-8-15(19)16(12)14/h6-11H,1-5H3,(H,20,21). The second-order valence-electron chi connectivity index (χ2n) is 6.69. The molecule has 0 fully saturated rings. The van der Waals surface area contributed by atoms with Crippen LogP contribution in [0.15, 0.2) is 30.3 Å². The van der Waals surface area contributed by atoms with Gasteiger partial charge in [0.05, 0.1) is 0 Å². The molecule has 0 aliphatic heterocycles. The average molecular weight is 320 g/mol. The molecule has 22 heavy (non-hydrogen) atoms. The minimum absolute atomic E-state index is 0.294. The van der Waals surface area contributed by atoms with Crippen molar-refractivity contribution in [3.05, 3.63) is 40.9 Å². The van der Waals surface area contributed by atoms with Gasteiger partial charge >= 0.3 is 6.09 Å². The molecule has 2 aromatic rings. The Balaban J connectivity index is 2.42. The Labute approximate surface area is 136 Å². The van der Waals surface area contributed by atoms with Crippen LogP contribution in [0.5, 0.6) is 0 Å². The smallest absolute Gasteiger partial charge is 0.412 e. The summed E-state index contributed by atoms with van der Waals surface area (Å²) in [7, 11) is 0. The molecule has 1 N–H and O–H groups in total. The van der Waals surface area contributed by atoms with Crippen LogP contribution in [-0.2, 0) is 4.74 Å². The van der Waals surface area contributed by atoms with Crippen LogP contribution in [-0.4, -0.2) is 11.7 Å². The number of anilines is 1. The molecule has 0 spiro atoms. The number of ether oxygens (including phenoxy) is 1. The molecular weight excluding hydrogens is 298 g/mol. The fraction of sp³-hybridized carbons (Fsp3) is 0.389. The van der Waals surface area contributed by atoms with Gasteiger partial charge < -0.3 is 4.74 Å². The molecule has 0 saturated heterocycles. The van der Waals surface area contributed by atoms with Crippen LogP contribution in [0.2, 0.25) is 5.02 Å². The van der Waals surface area contributed by atoms with E-state index in [1.54, 1.807) is 0 Å². The van der Waals surface area contributed by atoms with Gasteiger partial charge in [-0.1, -0.05) is 37.6 Å². The Morgan fingerprint density at radius 3 is 2.50 bits per heavy atom. The summed E-state index contributed by atoms with van der Waals surface area (Å²) in [6.45, 7) is 9.73. The third kappa shape index (κ3) is 3.92. The predicted octanol–water partition coefficient (Wildman–Crippen LogP) is 5.96. The Kier molecular flexibility index (Phi) is 4.66. The molecule has 0 radical (unpaired) electrons. The summed E-state index contributed by atoms with van der Waals surface area (Å²) < 4.78 is 5.30. The quantitative estimate of drug-likeness (QED) is 0.741. The van der Waals surface area contributed by atoms with Crippen molar-refractivity contribution in [2.75, 3.05) is 5.32 Å².